The van der Waals surface area contributed by atoms with Gasteiger partial charge in [0.05, 0.1) is 0 Å². The van der Waals surface area contributed by atoms with Gasteiger partial charge >= 0.3 is 0 Å². The van der Waals surface area contributed by atoms with Crippen LogP contribution in [-0.2, 0) is 10.2 Å². The Morgan fingerprint density at radius 3 is 2.26 bits per heavy atom. The number of ether oxygens (including phenoxy) is 1. The molecule has 0 spiro atoms. The molecule has 1 fully saturated rings. The maximum absolute atomic E-state index is 13.1. The number of amides is 1. The third-order valence-corrected chi connectivity index (χ3v) is 5.63. The van der Waals surface area contributed by atoms with Crippen molar-refractivity contribution in [3.05, 3.63) is 59.9 Å². The number of rotatable bonds is 8. The van der Waals surface area contributed by atoms with Crippen molar-refractivity contribution in [3.63, 3.8) is 0 Å². The second-order valence-corrected chi connectivity index (χ2v) is 9.07. The molecule has 0 atom stereocenters. The molecule has 0 aliphatic carbocycles. The molecule has 0 unspecified atom stereocenters. The van der Waals surface area contributed by atoms with Crippen LogP contribution >= 0.6 is 0 Å². The van der Waals surface area contributed by atoms with Gasteiger partial charge < -0.3 is 15.0 Å². The zero-order valence-corrected chi connectivity index (χ0v) is 18.9. The minimum Gasteiger partial charge on any atom is -0.484 e. The number of halogens is 1. The van der Waals surface area contributed by atoms with Gasteiger partial charge in [0.25, 0.3) is 5.91 Å². The first-order chi connectivity index (χ1) is 14.8. The van der Waals surface area contributed by atoms with Gasteiger partial charge in [0.1, 0.15) is 11.6 Å². The van der Waals surface area contributed by atoms with E-state index in [9.17, 15) is 9.18 Å². The van der Waals surface area contributed by atoms with Crippen molar-refractivity contribution < 1.29 is 13.9 Å². The van der Waals surface area contributed by atoms with Gasteiger partial charge in [0.15, 0.2) is 6.61 Å². The van der Waals surface area contributed by atoms with Crippen molar-refractivity contribution in [2.24, 2.45) is 0 Å². The second kappa shape index (κ2) is 10.6. The molecule has 0 radical (unpaired) electrons. The van der Waals surface area contributed by atoms with E-state index in [4.69, 9.17) is 4.74 Å². The highest BCUT2D eigenvalue weighted by Gasteiger charge is 2.17. The summed E-state index contributed by atoms with van der Waals surface area (Å²) in [4.78, 5) is 16.7. The first-order valence-electron chi connectivity index (χ1n) is 11.0. The average Bonchev–Trinajstić information content (AvgIpc) is 2.76. The van der Waals surface area contributed by atoms with Gasteiger partial charge in [-0.05, 0) is 60.3 Å². The Bertz CT molecular complexity index is 823. The third kappa shape index (κ3) is 7.24. The lowest BCUT2D eigenvalue weighted by Gasteiger charge is -2.36. The second-order valence-electron chi connectivity index (χ2n) is 9.07. The third-order valence-electron chi connectivity index (χ3n) is 5.63. The van der Waals surface area contributed by atoms with E-state index < -0.39 is 0 Å². The molecule has 168 valence electrons. The molecule has 2 aromatic rings. The van der Waals surface area contributed by atoms with Crippen LogP contribution in [0, 0.1) is 5.82 Å². The van der Waals surface area contributed by atoms with Crippen molar-refractivity contribution in [1.82, 2.24) is 10.2 Å². The minimum absolute atomic E-state index is 0.0329. The van der Waals surface area contributed by atoms with Crippen LogP contribution in [0.2, 0.25) is 0 Å². The number of benzene rings is 2. The molecular weight excluding hydrogens is 393 g/mol. The van der Waals surface area contributed by atoms with Gasteiger partial charge in [-0.2, -0.15) is 0 Å². The number of hydrogen-bond donors (Lipinski definition) is 1. The van der Waals surface area contributed by atoms with Crippen LogP contribution in [0.1, 0.15) is 32.8 Å². The van der Waals surface area contributed by atoms with E-state index in [2.05, 4.69) is 35.9 Å². The van der Waals surface area contributed by atoms with E-state index in [0.29, 0.717) is 12.3 Å². The molecule has 3 rings (SSSR count). The maximum atomic E-state index is 13.1. The quantitative estimate of drug-likeness (QED) is 0.651. The zero-order chi connectivity index (χ0) is 22.3. The lowest BCUT2D eigenvalue weighted by Crippen LogP contribution is -2.47. The van der Waals surface area contributed by atoms with Crippen LogP contribution in [-0.4, -0.2) is 56.7 Å². The molecule has 1 aliphatic rings. The van der Waals surface area contributed by atoms with Crippen LogP contribution in [0.4, 0.5) is 10.1 Å². The average molecular weight is 428 g/mol. The minimum atomic E-state index is -0.201. The smallest absolute Gasteiger partial charge is 0.257 e. The predicted octanol–water partition coefficient (Wildman–Crippen LogP) is 3.83. The molecule has 1 heterocycles. The van der Waals surface area contributed by atoms with Gasteiger partial charge in [-0.1, -0.05) is 32.9 Å². The lowest BCUT2D eigenvalue weighted by atomic mass is 9.87. The SMILES string of the molecule is CC(C)(C)c1ccc(OCC(=O)NCCCN2CCN(c3ccc(F)cc3)CC2)cc1. The van der Waals surface area contributed by atoms with E-state index in [1.807, 2.05) is 36.4 Å². The summed E-state index contributed by atoms with van der Waals surface area (Å²) in [7, 11) is 0. The van der Waals surface area contributed by atoms with Crippen LogP contribution < -0.4 is 15.0 Å². The number of nitrogens with one attached hydrogen (secondary N) is 1. The van der Waals surface area contributed by atoms with E-state index in [1.54, 1.807) is 0 Å². The van der Waals surface area contributed by atoms with Gasteiger partial charge in [0, 0.05) is 38.4 Å². The highest BCUT2D eigenvalue weighted by molar-refractivity contribution is 5.77. The van der Waals surface area contributed by atoms with Crippen LogP contribution in [0.25, 0.3) is 0 Å². The van der Waals surface area contributed by atoms with E-state index in [1.165, 1.54) is 17.7 Å². The largest absolute Gasteiger partial charge is 0.484 e. The summed E-state index contributed by atoms with van der Waals surface area (Å²) in [6.07, 6.45) is 0.905. The number of anilines is 1. The summed E-state index contributed by atoms with van der Waals surface area (Å²) in [6, 6.07) is 14.6. The molecule has 1 N–H and O–H groups in total. The standard InChI is InChI=1S/C25H34FN3O2/c1-25(2,3)20-5-11-23(12-6-20)31-19-24(30)27-13-4-14-28-15-17-29(18-16-28)22-9-7-21(26)8-10-22/h5-12H,4,13-19H2,1-3H3,(H,27,30). The zero-order valence-electron chi connectivity index (χ0n) is 18.9. The molecule has 1 aliphatic heterocycles. The summed E-state index contributed by atoms with van der Waals surface area (Å²) in [6.45, 7) is 11.9. The summed E-state index contributed by atoms with van der Waals surface area (Å²) in [5, 5.41) is 2.93. The number of piperazine rings is 1. The Morgan fingerprint density at radius 2 is 1.65 bits per heavy atom. The Labute approximate surface area is 185 Å². The van der Waals surface area contributed by atoms with Gasteiger partial charge in [-0.15, -0.1) is 0 Å². The Balaban J connectivity index is 1.28. The van der Waals surface area contributed by atoms with Gasteiger partial charge in [-0.3, -0.25) is 9.69 Å². The van der Waals surface area contributed by atoms with Crippen LogP contribution in [0.5, 0.6) is 5.75 Å². The summed E-state index contributed by atoms with van der Waals surface area (Å²) in [5.41, 5.74) is 2.41. The molecule has 2 aromatic carbocycles. The van der Waals surface area contributed by atoms with Crippen molar-refractivity contribution in [3.8, 4) is 5.75 Å². The normalized spacial score (nSPS) is 15.0. The fourth-order valence-corrected chi connectivity index (χ4v) is 3.66. The molecule has 1 amide bonds. The van der Waals surface area contributed by atoms with Crippen molar-refractivity contribution in [1.29, 1.82) is 0 Å². The number of carbonyl (C=O) groups excluding carboxylic acids is 1. The lowest BCUT2D eigenvalue weighted by molar-refractivity contribution is -0.123. The fraction of sp³-hybridized carbons (Fsp3) is 0.480. The van der Waals surface area contributed by atoms with Gasteiger partial charge in [-0.25, -0.2) is 4.39 Å². The molecule has 0 bridgehead atoms. The highest BCUT2D eigenvalue weighted by atomic mass is 19.1. The van der Waals surface area contributed by atoms with Crippen molar-refractivity contribution >= 4 is 11.6 Å². The molecule has 0 saturated carbocycles. The Hall–Kier alpha value is -2.60. The van der Waals surface area contributed by atoms with E-state index >= 15 is 0 Å². The molecule has 1 saturated heterocycles. The molecule has 5 nitrogen and oxygen atoms in total. The van der Waals surface area contributed by atoms with Crippen LogP contribution in [0.15, 0.2) is 48.5 Å². The summed E-state index contributed by atoms with van der Waals surface area (Å²) in [5.74, 6) is 0.413. The molecular formula is C25H34FN3O2. The number of nitrogens with zero attached hydrogens (tertiary/aromatic N) is 2. The summed E-state index contributed by atoms with van der Waals surface area (Å²) >= 11 is 0. The number of carbonyl (C=O) groups is 1. The van der Waals surface area contributed by atoms with Crippen molar-refractivity contribution in [2.75, 3.05) is 50.8 Å². The Kier molecular flexibility index (Phi) is 7.91. The maximum Gasteiger partial charge on any atom is 0.257 e. The topological polar surface area (TPSA) is 44.8 Å². The summed E-state index contributed by atoms with van der Waals surface area (Å²) < 4.78 is 18.7. The molecule has 6 heteroatoms. The fourth-order valence-electron chi connectivity index (χ4n) is 3.66. The predicted molar refractivity (Wildman–Crippen MR) is 123 cm³/mol. The van der Waals surface area contributed by atoms with Crippen LogP contribution in [0.3, 0.4) is 0 Å². The first-order valence-corrected chi connectivity index (χ1v) is 11.0. The van der Waals surface area contributed by atoms with Crippen molar-refractivity contribution in [2.45, 2.75) is 32.6 Å². The highest BCUT2D eigenvalue weighted by Crippen LogP contribution is 2.24. The molecule has 0 aromatic heterocycles. The monoisotopic (exact) mass is 427 g/mol. The van der Waals surface area contributed by atoms with E-state index in [0.717, 1.165) is 44.8 Å². The first kappa shape index (κ1) is 23.1. The molecule has 31 heavy (non-hydrogen) atoms. The number of hydrogen-bond acceptors (Lipinski definition) is 4. The van der Waals surface area contributed by atoms with E-state index in [-0.39, 0.29) is 23.7 Å². The van der Waals surface area contributed by atoms with Gasteiger partial charge in [0.2, 0.25) is 0 Å². The Morgan fingerprint density at radius 1 is 1.00 bits per heavy atom.